The molecule has 2 nitrogen and oxygen atoms in total. The van der Waals surface area contributed by atoms with E-state index in [1.54, 1.807) is 7.11 Å². The molecule has 0 aliphatic carbocycles. The van der Waals surface area contributed by atoms with E-state index >= 15 is 0 Å². The number of hydrogen-bond acceptors (Lipinski definition) is 2. The standard InChI is InChI=1S/C9H11NO/c1-7(2)8-5-4-6-9(10-8)11-3/h4-6H,1H2,2-3H3. The molecule has 0 aliphatic heterocycles. The minimum Gasteiger partial charge on any atom is -0.481 e. The molecule has 0 aliphatic rings. The number of aromatic nitrogens is 1. The summed E-state index contributed by atoms with van der Waals surface area (Å²) in [7, 11) is 1.60. The van der Waals surface area contributed by atoms with Crippen molar-refractivity contribution in [1.82, 2.24) is 4.98 Å². The average Bonchev–Trinajstić information content (AvgIpc) is 2.05. The topological polar surface area (TPSA) is 22.1 Å². The fraction of sp³-hybridized carbons (Fsp3) is 0.222. The van der Waals surface area contributed by atoms with Crippen molar-refractivity contribution in [2.24, 2.45) is 0 Å². The molecule has 0 unspecified atom stereocenters. The lowest BCUT2D eigenvalue weighted by Crippen LogP contribution is -1.90. The monoisotopic (exact) mass is 149 g/mol. The molecule has 1 heterocycles. The summed E-state index contributed by atoms with van der Waals surface area (Å²) >= 11 is 0. The Bertz CT molecular complexity index is 268. The van der Waals surface area contributed by atoms with E-state index in [0.29, 0.717) is 5.88 Å². The Morgan fingerprint density at radius 2 is 2.27 bits per heavy atom. The number of pyridine rings is 1. The van der Waals surface area contributed by atoms with Gasteiger partial charge in [0.15, 0.2) is 0 Å². The Balaban J connectivity index is 3.01. The predicted octanol–water partition coefficient (Wildman–Crippen LogP) is 2.12. The third-order valence-corrected chi connectivity index (χ3v) is 1.37. The quantitative estimate of drug-likeness (QED) is 0.642. The van der Waals surface area contributed by atoms with Crippen LogP contribution in [0.3, 0.4) is 0 Å². The minimum atomic E-state index is 0.630. The second-order valence-corrected chi connectivity index (χ2v) is 2.35. The summed E-state index contributed by atoms with van der Waals surface area (Å²) in [5, 5.41) is 0. The van der Waals surface area contributed by atoms with E-state index in [1.165, 1.54) is 0 Å². The molecule has 1 rings (SSSR count). The van der Waals surface area contributed by atoms with Crippen LogP contribution in [0.25, 0.3) is 5.57 Å². The fourth-order valence-corrected chi connectivity index (χ4v) is 0.766. The molecule has 0 saturated heterocycles. The van der Waals surface area contributed by atoms with E-state index < -0.39 is 0 Å². The summed E-state index contributed by atoms with van der Waals surface area (Å²) < 4.78 is 4.95. The molecular weight excluding hydrogens is 138 g/mol. The maximum absolute atomic E-state index is 4.95. The van der Waals surface area contributed by atoms with Crippen LogP contribution >= 0.6 is 0 Å². The number of ether oxygens (including phenoxy) is 1. The lowest BCUT2D eigenvalue weighted by molar-refractivity contribution is 0.397. The van der Waals surface area contributed by atoms with Gasteiger partial charge in [0.1, 0.15) is 0 Å². The molecule has 1 aromatic rings. The van der Waals surface area contributed by atoms with Crippen LogP contribution in [0.15, 0.2) is 24.8 Å². The van der Waals surface area contributed by atoms with Crippen LogP contribution in [0.4, 0.5) is 0 Å². The van der Waals surface area contributed by atoms with Crippen molar-refractivity contribution in [3.8, 4) is 5.88 Å². The van der Waals surface area contributed by atoms with Crippen LogP contribution in [-0.4, -0.2) is 12.1 Å². The highest BCUT2D eigenvalue weighted by molar-refractivity contribution is 5.57. The van der Waals surface area contributed by atoms with Gasteiger partial charge in [-0.25, -0.2) is 4.98 Å². The van der Waals surface area contributed by atoms with Gasteiger partial charge >= 0.3 is 0 Å². The molecule has 0 amide bonds. The molecule has 0 aromatic carbocycles. The van der Waals surface area contributed by atoms with Crippen molar-refractivity contribution < 1.29 is 4.74 Å². The largest absolute Gasteiger partial charge is 0.481 e. The highest BCUT2D eigenvalue weighted by Crippen LogP contribution is 2.12. The van der Waals surface area contributed by atoms with Gasteiger partial charge in [0, 0.05) is 6.07 Å². The summed E-state index contributed by atoms with van der Waals surface area (Å²) in [6.45, 7) is 5.70. The van der Waals surface area contributed by atoms with Gasteiger partial charge in [-0.05, 0) is 18.6 Å². The molecule has 0 spiro atoms. The maximum atomic E-state index is 4.95. The maximum Gasteiger partial charge on any atom is 0.213 e. The molecule has 0 saturated carbocycles. The Hall–Kier alpha value is -1.31. The number of rotatable bonds is 2. The molecule has 2 heteroatoms. The van der Waals surface area contributed by atoms with Crippen molar-refractivity contribution in [2.75, 3.05) is 7.11 Å². The third-order valence-electron chi connectivity index (χ3n) is 1.37. The second-order valence-electron chi connectivity index (χ2n) is 2.35. The number of hydrogen-bond donors (Lipinski definition) is 0. The van der Waals surface area contributed by atoms with E-state index in [9.17, 15) is 0 Å². The molecule has 11 heavy (non-hydrogen) atoms. The second kappa shape index (κ2) is 3.19. The zero-order valence-corrected chi connectivity index (χ0v) is 6.79. The van der Waals surface area contributed by atoms with Crippen molar-refractivity contribution in [3.05, 3.63) is 30.5 Å². The first-order chi connectivity index (χ1) is 5.24. The fourth-order valence-electron chi connectivity index (χ4n) is 0.766. The van der Waals surface area contributed by atoms with E-state index in [-0.39, 0.29) is 0 Å². The van der Waals surface area contributed by atoms with Crippen LogP contribution in [0.1, 0.15) is 12.6 Å². The molecule has 0 fully saturated rings. The van der Waals surface area contributed by atoms with Crippen LogP contribution in [0.5, 0.6) is 5.88 Å². The molecule has 1 aromatic heterocycles. The molecule has 0 bridgehead atoms. The third kappa shape index (κ3) is 1.80. The number of methoxy groups -OCH3 is 1. The smallest absolute Gasteiger partial charge is 0.213 e. The zero-order chi connectivity index (χ0) is 8.27. The molecule has 58 valence electrons. The molecule has 0 N–H and O–H groups in total. The van der Waals surface area contributed by atoms with Crippen LogP contribution in [-0.2, 0) is 0 Å². The highest BCUT2D eigenvalue weighted by atomic mass is 16.5. The van der Waals surface area contributed by atoms with Crippen LogP contribution in [0.2, 0.25) is 0 Å². The first-order valence-corrected chi connectivity index (χ1v) is 3.41. The van der Waals surface area contributed by atoms with Crippen molar-refractivity contribution >= 4 is 5.57 Å². The average molecular weight is 149 g/mol. The minimum absolute atomic E-state index is 0.630. The normalized spacial score (nSPS) is 9.27. The highest BCUT2D eigenvalue weighted by Gasteiger charge is 1.95. The molecule has 0 radical (unpaired) electrons. The summed E-state index contributed by atoms with van der Waals surface area (Å²) in [6.07, 6.45) is 0. The summed E-state index contributed by atoms with van der Waals surface area (Å²) in [5.74, 6) is 0.630. The summed E-state index contributed by atoms with van der Waals surface area (Å²) in [6, 6.07) is 5.62. The van der Waals surface area contributed by atoms with Crippen molar-refractivity contribution in [3.63, 3.8) is 0 Å². The molecular formula is C9H11NO. The predicted molar refractivity (Wildman–Crippen MR) is 45.5 cm³/mol. The summed E-state index contributed by atoms with van der Waals surface area (Å²) in [4.78, 5) is 4.17. The Kier molecular flexibility index (Phi) is 2.26. The first kappa shape index (κ1) is 7.79. The van der Waals surface area contributed by atoms with Gasteiger partial charge in [-0.2, -0.15) is 0 Å². The zero-order valence-electron chi connectivity index (χ0n) is 6.79. The van der Waals surface area contributed by atoms with Gasteiger partial charge in [0.2, 0.25) is 5.88 Å². The van der Waals surface area contributed by atoms with Crippen LogP contribution in [0, 0.1) is 0 Å². The molecule has 0 atom stereocenters. The van der Waals surface area contributed by atoms with Gasteiger partial charge in [-0.3, -0.25) is 0 Å². The van der Waals surface area contributed by atoms with E-state index in [0.717, 1.165) is 11.3 Å². The van der Waals surface area contributed by atoms with Gasteiger partial charge < -0.3 is 4.74 Å². The van der Waals surface area contributed by atoms with Gasteiger partial charge in [0.25, 0.3) is 0 Å². The van der Waals surface area contributed by atoms with Crippen LogP contribution < -0.4 is 4.74 Å². The van der Waals surface area contributed by atoms with Crippen molar-refractivity contribution in [1.29, 1.82) is 0 Å². The first-order valence-electron chi connectivity index (χ1n) is 3.41. The van der Waals surface area contributed by atoms with Crippen molar-refractivity contribution in [2.45, 2.75) is 6.92 Å². The SMILES string of the molecule is C=C(C)c1cccc(OC)n1. The Morgan fingerprint density at radius 3 is 2.82 bits per heavy atom. The number of nitrogens with zero attached hydrogens (tertiary/aromatic N) is 1. The Morgan fingerprint density at radius 1 is 1.55 bits per heavy atom. The van der Waals surface area contributed by atoms with E-state index in [4.69, 9.17) is 4.74 Å². The summed E-state index contributed by atoms with van der Waals surface area (Å²) in [5.41, 5.74) is 1.83. The number of allylic oxidation sites excluding steroid dienone is 1. The van der Waals surface area contributed by atoms with E-state index in [1.807, 2.05) is 25.1 Å². The lowest BCUT2D eigenvalue weighted by atomic mass is 10.2. The lowest BCUT2D eigenvalue weighted by Gasteiger charge is -2.01. The van der Waals surface area contributed by atoms with Gasteiger partial charge in [-0.1, -0.05) is 12.6 Å². The Labute approximate surface area is 66.5 Å². The van der Waals surface area contributed by atoms with E-state index in [2.05, 4.69) is 11.6 Å². The van der Waals surface area contributed by atoms with Gasteiger partial charge in [0.05, 0.1) is 12.8 Å². The van der Waals surface area contributed by atoms with Gasteiger partial charge in [-0.15, -0.1) is 0 Å².